The molecule has 0 aliphatic carbocycles. The summed E-state index contributed by atoms with van der Waals surface area (Å²) in [6.45, 7) is 2.13. The standard InChI is InChI=1S/C13H26O3/c1-2-3-9-12(14)10-7-5-4-6-8-11-13(15)16/h12,14H,2-11H2,1H3,(H,15,16). The molecule has 0 amide bonds. The third-order valence-corrected chi connectivity index (χ3v) is 2.82. The van der Waals surface area contributed by atoms with Crippen LogP contribution in [-0.4, -0.2) is 22.3 Å². The molecule has 0 saturated carbocycles. The van der Waals surface area contributed by atoms with Gasteiger partial charge < -0.3 is 10.2 Å². The number of aliphatic hydroxyl groups excluding tert-OH is 1. The van der Waals surface area contributed by atoms with Crippen molar-refractivity contribution in [2.45, 2.75) is 77.2 Å². The van der Waals surface area contributed by atoms with Gasteiger partial charge in [-0.25, -0.2) is 0 Å². The quantitative estimate of drug-likeness (QED) is 0.535. The van der Waals surface area contributed by atoms with Crippen molar-refractivity contribution >= 4 is 5.97 Å². The molecule has 1 atom stereocenters. The van der Waals surface area contributed by atoms with Crippen LogP contribution in [0, 0.1) is 0 Å². The Balaban J connectivity index is 3.11. The fourth-order valence-electron chi connectivity index (χ4n) is 1.77. The molecule has 0 bridgehead atoms. The molecule has 0 heterocycles. The van der Waals surface area contributed by atoms with E-state index in [1.807, 2.05) is 0 Å². The smallest absolute Gasteiger partial charge is 0.303 e. The molecule has 0 aliphatic rings. The van der Waals surface area contributed by atoms with Crippen molar-refractivity contribution in [1.82, 2.24) is 0 Å². The van der Waals surface area contributed by atoms with Crippen LogP contribution < -0.4 is 0 Å². The Morgan fingerprint density at radius 1 is 1.00 bits per heavy atom. The van der Waals surface area contributed by atoms with Gasteiger partial charge in [0.15, 0.2) is 0 Å². The highest BCUT2D eigenvalue weighted by molar-refractivity contribution is 5.66. The van der Waals surface area contributed by atoms with Crippen molar-refractivity contribution < 1.29 is 15.0 Å². The summed E-state index contributed by atoms with van der Waals surface area (Å²) in [5, 5.41) is 18.0. The van der Waals surface area contributed by atoms with Gasteiger partial charge in [-0.3, -0.25) is 4.79 Å². The zero-order chi connectivity index (χ0) is 12.2. The molecule has 96 valence electrons. The lowest BCUT2D eigenvalue weighted by Crippen LogP contribution is -2.05. The molecule has 2 N–H and O–H groups in total. The predicted octanol–water partition coefficient (Wildman–Crippen LogP) is 3.35. The molecule has 0 radical (unpaired) electrons. The van der Waals surface area contributed by atoms with Crippen molar-refractivity contribution in [2.75, 3.05) is 0 Å². The molecular weight excluding hydrogens is 204 g/mol. The van der Waals surface area contributed by atoms with Crippen LogP contribution in [0.5, 0.6) is 0 Å². The Morgan fingerprint density at radius 3 is 2.19 bits per heavy atom. The van der Waals surface area contributed by atoms with Crippen molar-refractivity contribution in [3.05, 3.63) is 0 Å². The monoisotopic (exact) mass is 230 g/mol. The van der Waals surface area contributed by atoms with E-state index in [0.29, 0.717) is 6.42 Å². The Kier molecular flexibility index (Phi) is 10.5. The predicted molar refractivity (Wildman–Crippen MR) is 65.5 cm³/mol. The van der Waals surface area contributed by atoms with Crippen molar-refractivity contribution in [3.8, 4) is 0 Å². The van der Waals surface area contributed by atoms with E-state index >= 15 is 0 Å². The molecule has 0 aromatic heterocycles. The van der Waals surface area contributed by atoms with E-state index in [2.05, 4.69) is 6.92 Å². The number of unbranched alkanes of at least 4 members (excludes halogenated alkanes) is 5. The van der Waals surface area contributed by atoms with E-state index in [9.17, 15) is 9.90 Å². The Labute approximate surface area is 98.9 Å². The molecule has 0 rings (SSSR count). The number of carbonyl (C=O) groups is 1. The van der Waals surface area contributed by atoms with Crippen LogP contribution in [0.2, 0.25) is 0 Å². The Morgan fingerprint density at radius 2 is 1.56 bits per heavy atom. The first-order chi connectivity index (χ1) is 7.66. The maximum atomic E-state index is 10.2. The minimum Gasteiger partial charge on any atom is -0.481 e. The van der Waals surface area contributed by atoms with Gasteiger partial charge in [0, 0.05) is 6.42 Å². The largest absolute Gasteiger partial charge is 0.481 e. The molecule has 3 heteroatoms. The molecule has 16 heavy (non-hydrogen) atoms. The number of hydrogen-bond donors (Lipinski definition) is 2. The van der Waals surface area contributed by atoms with Crippen LogP contribution in [0.4, 0.5) is 0 Å². The van der Waals surface area contributed by atoms with Crippen LogP contribution in [0.3, 0.4) is 0 Å². The molecule has 0 spiro atoms. The summed E-state index contributed by atoms with van der Waals surface area (Å²) in [5.74, 6) is -0.699. The Bertz CT molecular complexity index is 169. The second-order valence-corrected chi connectivity index (χ2v) is 4.50. The lowest BCUT2D eigenvalue weighted by atomic mass is 10.0. The zero-order valence-corrected chi connectivity index (χ0v) is 10.5. The van der Waals surface area contributed by atoms with Gasteiger partial charge in [0.2, 0.25) is 0 Å². The first-order valence-corrected chi connectivity index (χ1v) is 6.56. The van der Waals surface area contributed by atoms with Crippen LogP contribution in [-0.2, 0) is 4.79 Å². The number of hydrogen-bond acceptors (Lipinski definition) is 2. The Hall–Kier alpha value is -0.570. The zero-order valence-electron chi connectivity index (χ0n) is 10.5. The van der Waals surface area contributed by atoms with E-state index in [-0.39, 0.29) is 6.10 Å². The summed E-state index contributed by atoms with van der Waals surface area (Å²) in [5.41, 5.74) is 0. The lowest BCUT2D eigenvalue weighted by molar-refractivity contribution is -0.137. The van der Waals surface area contributed by atoms with Gasteiger partial charge >= 0.3 is 5.97 Å². The second-order valence-electron chi connectivity index (χ2n) is 4.50. The summed E-state index contributed by atoms with van der Waals surface area (Å²) < 4.78 is 0. The molecule has 0 saturated heterocycles. The first-order valence-electron chi connectivity index (χ1n) is 6.56. The number of aliphatic hydroxyl groups is 1. The number of aliphatic carboxylic acids is 1. The molecule has 1 unspecified atom stereocenters. The average molecular weight is 230 g/mol. The van der Waals surface area contributed by atoms with E-state index in [0.717, 1.165) is 57.8 Å². The van der Waals surface area contributed by atoms with E-state index < -0.39 is 5.97 Å². The third-order valence-electron chi connectivity index (χ3n) is 2.82. The van der Waals surface area contributed by atoms with Gasteiger partial charge in [0.1, 0.15) is 0 Å². The van der Waals surface area contributed by atoms with Gasteiger partial charge in [-0.05, 0) is 19.3 Å². The summed E-state index contributed by atoms with van der Waals surface area (Å²) in [6.07, 6.45) is 9.30. The van der Waals surface area contributed by atoms with Crippen LogP contribution in [0.25, 0.3) is 0 Å². The first kappa shape index (κ1) is 15.4. The molecule has 0 aromatic rings. The van der Waals surface area contributed by atoms with E-state index in [1.54, 1.807) is 0 Å². The number of carboxylic acids is 1. The molecule has 0 aliphatic heterocycles. The normalized spacial score (nSPS) is 12.6. The van der Waals surface area contributed by atoms with Crippen molar-refractivity contribution in [1.29, 1.82) is 0 Å². The third kappa shape index (κ3) is 11.5. The van der Waals surface area contributed by atoms with Crippen LogP contribution in [0.1, 0.15) is 71.1 Å². The number of rotatable bonds is 11. The van der Waals surface area contributed by atoms with Gasteiger partial charge in [0.25, 0.3) is 0 Å². The van der Waals surface area contributed by atoms with E-state index in [1.165, 1.54) is 0 Å². The maximum absolute atomic E-state index is 10.2. The summed E-state index contributed by atoms with van der Waals surface area (Å²) in [4.78, 5) is 10.2. The lowest BCUT2D eigenvalue weighted by Gasteiger charge is -2.09. The van der Waals surface area contributed by atoms with Gasteiger partial charge in [0.05, 0.1) is 6.10 Å². The topological polar surface area (TPSA) is 57.5 Å². The minimum absolute atomic E-state index is 0.126. The minimum atomic E-state index is -0.699. The highest BCUT2D eigenvalue weighted by atomic mass is 16.4. The second kappa shape index (κ2) is 10.9. The SMILES string of the molecule is CCCCC(O)CCCCCCCC(=O)O. The highest BCUT2D eigenvalue weighted by Crippen LogP contribution is 2.11. The summed E-state index contributed by atoms with van der Waals surface area (Å²) in [6, 6.07) is 0. The van der Waals surface area contributed by atoms with Crippen LogP contribution >= 0.6 is 0 Å². The molecular formula is C13H26O3. The van der Waals surface area contributed by atoms with Gasteiger partial charge in [-0.1, -0.05) is 45.4 Å². The fraction of sp³-hybridized carbons (Fsp3) is 0.923. The summed E-state index contributed by atoms with van der Waals surface area (Å²) in [7, 11) is 0. The average Bonchev–Trinajstić information content (AvgIpc) is 2.24. The van der Waals surface area contributed by atoms with Crippen molar-refractivity contribution in [3.63, 3.8) is 0 Å². The van der Waals surface area contributed by atoms with Crippen molar-refractivity contribution in [2.24, 2.45) is 0 Å². The molecule has 0 fully saturated rings. The summed E-state index contributed by atoms with van der Waals surface area (Å²) >= 11 is 0. The molecule has 3 nitrogen and oxygen atoms in total. The van der Waals surface area contributed by atoms with Crippen LogP contribution in [0.15, 0.2) is 0 Å². The molecule has 0 aromatic carbocycles. The number of carboxylic acid groups (broad SMARTS) is 1. The maximum Gasteiger partial charge on any atom is 0.303 e. The fourth-order valence-corrected chi connectivity index (χ4v) is 1.77. The van der Waals surface area contributed by atoms with Gasteiger partial charge in [-0.2, -0.15) is 0 Å². The highest BCUT2D eigenvalue weighted by Gasteiger charge is 2.02. The van der Waals surface area contributed by atoms with E-state index in [4.69, 9.17) is 5.11 Å². The van der Waals surface area contributed by atoms with Gasteiger partial charge in [-0.15, -0.1) is 0 Å².